The monoisotopic (exact) mass is 441 g/mol. The molecule has 0 aliphatic carbocycles. The number of hydrogen-bond acceptors (Lipinski definition) is 5. The summed E-state index contributed by atoms with van der Waals surface area (Å²) in [4.78, 5) is 32.2. The number of carbonyl (C=O) groups is 2. The molecule has 3 aromatic rings. The van der Waals surface area contributed by atoms with Crippen LogP contribution >= 0.6 is 22.9 Å². The molecule has 30 heavy (non-hydrogen) atoms. The molecule has 6 nitrogen and oxygen atoms in total. The number of hydrogen-bond donors (Lipinski definition) is 1. The molecule has 0 fully saturated rings. The lowest BCUT2D eigenvalue weighted by Crippen LogP contribution is -2.38. The van der Waals surface area contributed by atoms with Crippen LogP contribution in [-0.2, 0) is 9.59 Å². The van der Waals surface area contributed by atoms with Crippen LogP contribution in [0.4, 0.5) is 10.8 Å². The number of fused-ring (bicyclic) bond motifs is 1. The first-order valence-electron chi connectivity index (χ1n) is 9.56. The molecule has 1 aromatic heterocycles. The van der Waals surface area contributed by atoms with E-state index >= 15 is 0 Å². The third kappa shape index (κ3) is 4.47. The first-order valence-corrected chi connectivity index (χ1v) is 10.8. The minimum Gasteiger partial charge on any atom is -0.490 e. The molecule has 0 spiro atoms. The van der Waals surface area contributed by atoms with Crippen molar-refractivity contribution in [2.24, 2.45) is 0 Å². The minimum atomic E-state index is -0.235. The molecule has 8 heteroatoms. The maximum Gasteiger partial charge on any atom is 0.227 e. The van der Waals surface area contributed by atoms with E-state index in [0.29, 0.717) is 29.1 Å². The fourth-order valence-electron chi connectivity index (χ4n) is 3.29. The maximum atomic E-state index is 12.7. The third-order valence-corrected chi connectivity index (χ3v) is 5.89. The van der Waals surface area contributed by atoms with Gasteiger partial charge in [-0.2, -0.15) is 0 Å². The lowest BCUT2D eigenvalue weighted by molar-refractivity contribution is -0.122. The zero-order chi connectivity index (χ0) is 21.1. The fourth-order valence-corrected chi connectivity index (χ4v) is 4.27. The second kappa shape index (κ2) is 8.85. The second-order valence-electron chi connectivity index (χ2n) is 6.84. The van der Waals surface area contributed by atoms with Crippen LogP contribution in [0, 0.1) is 6.92 Å². The van der Waals surface area contributed by atoms with E-state index in [-0.39, 0.29) is 24.7 Å². The highest BCUT2D eigenvalue weighted by molar-refractivity contribution is 7.16. The van der Waals surface area contributed by atoms with Crippen LogP contribution in [0.1, 0.15) is 17.7 Å². The SMILES string of the molecule is Cc1sc(NC(=O)CCC(=O)N2CCOc3ccccc32)nc1-c1ccc(Cl)cc1. The van der Waals surface area contributed by atoms with Crippen molar-refractivity contribution in [2.75, 3.05) is 23.4 Å². The van der Waals surface area contributed by atoms with Crippen molar-refractivity contribution >= 4 is 45.6 Å². The lowest BCUT2D eigenvalue weighted by atomic mass is 10.1. The predicted molar refractivity (Wildman–Crippen MR) is 119 cm³/mol. The Balaban J connectivity index is 1.36. The second-order valence-corrected chi connectivity index (χ2v) is 8.48. The standard InChI is InChI=1S/C22H20ClN3O3S/c1-14-21(15-6-8-16(23)9-7-15)25-22(30-14)24-19(27)10-11-20(28)26-12-13-29-18-5-3-2-4-17(18)26/h2-9H,10-13H2,1H3,(H,24,25,27). The van der Waals surface area contributed by atoms with E-state index in [1.807, 2.05) is 55.5 Å². The molecule has 0 saturated heterocycles. The van der Waals surface area contributed by atoms with Gasteiger partial charge < -0.3 is 15.0 Å². The normalized spacial score (nSPS) is 12.8. The highest BCUT2D eigenvalue weighted by Gasteiger charge is 2.23. The number of thiazole rings is 1. The van der Waals surface area contributed by atoms with Crippen molar-refractivity contribution in [3.05, 3.63) is 58.4 Å². The molecule has 154 valence electrons. The van der Waals surface area contributed by atoms with Gasteiger partial charge in [-0.15, -0.1) is 11.3 Å². The molecule has 1 aliphatic rings. The largest absolute Gasteiger partial charge is 0.490 e. The van der Waals surface area contributed by atoms with E-state index in [9.17, 15) is 9.59 Å². The summed E-state index contributed by atoms with van der Waals surface area (Å²) in [6, 6.07) is 14.8. The van der Waals surface area contributed by atoms with Crippen molar-refractivity contribution in [2.45, 2.75) is 19.8 Å². The molecule has 0 saturated carbocycles. The Morgan fingerprint density at radius 1 is 1.17 bits per heavy atom. The van der Waals surface area contributed by atoms with Gasteiger partial charge >= 0.3 is 0 Å². The van der Waals surface area contributed by atoms with Crippen LogP contribution < -0.4 is 15.0 Å². The Morgan fingerprint density at radius 2 is 1.93 bits per heavy atom. The Kier molecular flexibility index (Phi) is 6.01. The number of aromatic nitrogens is 1. The van der Waals surface area contributed by atoms with E-state index in [2.05, 4.69) is 10.3 Å². The molecule has 2 heterocycles. The van der Waals surface area contributed by atoms with Crippen LogP contribution in [0.25, 0.3) is 11.3 Å². The van der Waals surface area contributed by atoms with E-state index < -0.39 is 0 Å². The smallest absolute Gasteiger partial charge is 0.227 e. The zero-order valence-electron chi connectivity index (χ0n) is 16.4. The number of nitrogens with one attached hydrogen (secondary N) is 1. The average Bonchev–Trinajstić information content (AvgIpc) is 3.12. The summed E-state index contributed by atoms with van der Waals surface area (Å²) in [5.74, 6) is 0.355. The van der Waals surface area contributed by atoms with E-state index in [1.54, 1.807) is 4.90 Å². The Bertz CT molecular complexity index is 1080. The minimum absolute atomic E-state index is 0.0905. The van der Waals surface area contributed by atoms with Crippen LogP contribution in [0.2, 0.25) is 5.02 Å². The number of aryl methyl sites for hydroxylation is 1. The summed E-state index contributed by atoms with van der Waals surface area (Å²) in [6.45, 7) is 2.88. The molecule has 1 N–H and O–H groups in total. The molecule has 0 radical (unpaired) electrons. The van der Waals surface area contributed by atoms with Gasteiger partial charge in [0.25, 0.3) is 0 Å². The van der Waals surface area contributed by atoms with Crippen molar-refractivity contribution in [3.63, 3.8) is 0 Å². The number of nitrogens with zero attached hydrogens (tertiary/aromatic N) is 2. The summed E-state index contributed by atoms with van der Waals surface area (Å²) in [5, 5.41) is 3.99. The number of halogens is 1. The van der Waals surface area contributed by atoms with Gasteiger partial charge in [0.15, 0.2) is 5.13 Å². The van der Waals surface area contributed by atoms with Gasteiger partial charge in [0.2, 0.25) is 11.8 Å². The number of carbonyl (C=O) groups excluding carboxylic acids is 2. The Morgan fingerprint density at radius 3 is 2.73 bits per heavy atom. The van der Waals surface area contributed by atoms with Crippen LogP contribution in [0.5, 0.6) is 5.75 Å². The number of anilines is 2. The van der Waals surface area contributed by atoms with Gasteiger partial charge in [-0.05, 0) is 31.2 Å². The summed E-state index contributed by atoms with van der Waals surface area (Å²) < 4.78 is 5.58. The van der Waals surface area contributed by atoms with Crippen molar-refractivity contribution in [3.8, 4) is 17.0 Å². The highest BCUT2D eigenvalue weighted by atomic mass is 35.5. The molecular formula is C22H20ClN3O3S. The average molecular weight is 442 g/mol. The first-order chi connectivity index (χ1) is 14.5. The van der Waals surface area contributed by atoms with Crippen LogP contribution in [-0.4, -0.2) is 29.9 Å². The summed E-state index contributed by atoms with van der Waals surface area (Å²) in [5.41, 5.74) is 2.50. The van der Waals surface area contributed by atoms with Gasteiger partial charge in [-0.1, -0.05) is 35.9 Å². The molecule has 1 aliphatic heterocycles. The predicted octanol–water partition coefficient (Wildman–Crippen LogP) is 4.92. The molecule has 2 aromatic carbocycles. The summed E-state index contributed by atoms with van der Waals surface area (Å²) in [7, 11) is 0. The van der Waals surface area contributed by atoms with Gasteiger partial charge in [0.1, 0.15) is 12.4 Å². The number of amides is 2. The summed E-state index contributed by atoms with van der Waals surface area (Å²) in [6.07, 6.45) is 0.210. The van der Waals surface area contributed by atoms with Gasteiger partial charge in [-0.3, -0.25) is 9.59 Å². The van der Waals surface area contributed by atoms with Crippen molar-refractivity contribution in [1.82, 2.24) is 4.98 Å². The molecule has 2 amide bonds. The third-order valence-electron chi connectivity index (χ3n) is 4.76. The first kappa shape index (κ1) is 20.4. The number of benzene rings is 2. The maximum absolute atomic E-state index is 12.7. The summed E-state index contributed by atoms with van der Waals surface area (Å²) >= 11 is 7.35. The van der Waals surface area contributed by atoms with E-state index in [0.717, 1.165) is 21.8 Å². The molecule has 4 rings (SSSR count). The van der Waals surface area contributed by atoms with E-state index in [4.69, 9.17) is 16.3 Å². The lowest BCUT2D eigenvalue weighted by Gasteiger charge is -2.29. The Hall–Kier alpha value is -2.90. The van der Waals surface area contributed by atoms with Crippen LogP contribution in [0.15, 0.2) is 48.5 Å². The van der Waals surface area contributed by atoms with Crippen LogP contribution in [0.3, 0.4) is 0 Å². The topological polar surface area (TPSA) is 71.5 Å². The van der Waals surface area contributed by atoms with Gasteiger partial charge in [-0.25, -0.2) is 4.98 Å². The molecular weight excluding hydrogens is 422 g/mol. The zero-order valence-corrected chi connectivity index (χ0v) is 17.9. The number of rotatable bonds is 5. The van der Waals surface area contributed by atoms with E-state index in [1.165, 1.54) is 11.3 Å². The van der Waals surface area contributed by atoms with Crippen molar-refractivity contribution < 1.29 is 14.3 Å². The van der Waals surface area contributed by atoms with Gasteiger partial charge in [0.05, 0.1) is 17.9 Å². The number of ether oxygens (including phenoxy) is 1. The Labute approximate surface area is 183 Å². The van der Waals surface area contributed by atoms with Crippen molar-refractivity contribution in [1.29, 1.82) is 0 Å². The molecule has 0 bridgehead atoms. The fraction of sp³-hybridized carbons (Fsp3) is 0.227. The van der Waals surface area contributed by atoms with Gasteiger partial charge in [0, 0.05) is 28.3 Å². The molecule has 0 atom stereocenters. The molecule has 0 unspecified atom stereocenters. The quantitative estimate of drug-likeness (QED) is 0.610. The highest BCUT2D eigenvalue weighted by Crippen LogP contribution is 2.32. The number of para-hydroxylation sites is 2.